The first-order valence-electron chi connectivity index (χ1n) is 12.0. The Kier molecular flexibility index (Phi) is 5.82. The highest BCUT2D eigenvalue weighted by atomic mass is 16.1. The lowest BCUT2D eigenvalue weighted by Gasteiger charge is -2.33. The fraction of sp³-hybridized carbons (Fsp3) is 0.321. The van der Waals surface area contributed by atoms with Crippen molar-refractivity contribution in [1.29, 1.82) is 0 Å². The highest BCUT2D eigenvalue weighted by molar-refractivity contribution is 5.93. The number of nitrogens with one attached hydrogen (secondary N) is 1. The average molecular weight is 454 g/mol. The summed E-state index contributed by atoms with van der Waals surface area (Å²) in [5.41, 5.74) is 8.28. The van der Waals surface area contributed by atoms with Crippen molar-refractivity contribution >= 4 is 23.1 Å². The predicted octanol–water partition coefficient (Wildman–Crippen LogP) is 5.49. The van der Waals surface area contributed by atoms with Crippen molar-refractivity contribution in [2.75, 3.05) is 23.3 Å². The number of anilines is 2. The largest absolute Gasteiger partial charge is 0.356 e. The molecule has 0 saturated carbocycles. The fourth-order valence-corrected chi connectivity index (χ4v) is 4.66. The fourth-order valence-electron chi connectivity index (χ4n) is 4.66. The Morgan fingerprint density at radius 2 is 1.71 bits per heavy atom. The van der Waals surface area contributed by atoms with Crippen LogP contribution in [0.4, 0.5) is 11.5 Å². The summed E-state index contributed by atoms with van der Waals surface area (Å²) in [4.78, 5) is 20.0. The molecule has 0 spiro atoms. The second kappa shape index (κ2) is 8.93. The molecule has 5 rings (SSSR count). The summed E-state index contributed by atoms with van der Waals surface area (Å²) in [6, 6.07) is 18.6. The summed E-state index contributed by atoms with van der Waals surface area (Å²) < 4.78 is 1.94. The van der Waals surface area contributed by atoms with Gasteiger partial charge in [0.1, 0.15) is 5.82 Å². The van der Waals surface area contributed by atoms with Crippen LogP contribution in [0.25, 0.3) is 16.9 Å². The average Bonchev–Trinajstić information content (AvgIpc) is 3.26. The number of aryl methyl sites for hydroxylation is 3. The van der Waals surface area contributed by atoms with Crippen LogP contribution in [-0.4, -0.2) is 33.6 Å². The van der Waals surface area contributed by atoms with Crippen molar-refractivity contribution in [3.05, 3.63) is 77.0 Å². The second-order valence-electron chi connectivity index (χ2n) is 9.42. The van der Waals surface area contributed by atoms with Crippen molar-refractivity contribution in [2.24, 2.45) is 5.92 Å². The molecule has 0 bridgehead atoms. The molecule has 1 N–H and O–H groups in total. The molecule has 0 aliphatic carbocycles. The van der Waals surface area contributed by atoms with E-state index in [0.29, 0.717) is 0 Å². The van der Waals surface area contributed by atoms with Crippen LogP contribution in [0.5, 0.6) is 0 Å². The molecule has 34 heavy (non-hydrogen) atoms. The Morgan fingerprint density at radius 3 is 2.44 bits per heavy atom. The minimum Gasteiger partial charge on any atom is -0.356 e. The van der Waals surface area contributed by atoms with Gasteiger partial charge in [0.2, 0.25) is 5.91 Å². The van der Waals surface area contributed by atoms with Crippen molar-refractivity contribution in [2.45, 2.75) is 40.5 Å². The van der Waals surface area contributed by atoms with Gasteiger partial charge in [-0.2, -0.15) is 9.61 Å². The zero-order valence-corrected chi connectivity index (χ0v) is 20.3. The highest BCUT2D eigenvalue weighted by Gasteiger charge is 2.27. The van der Waals surface area contributed by atoms with Gasteiger partial charge in [-0.25, -0.2) is 4.98 Å². The zero-order chi connectivity index (χ0) is 23.8. The van der Waals surface area contributed by atoms with Gasteiger partial charge in [0, 0.05) is 48.1 Å². The Bertz CT molecular complexity index is 1350. The Labute approximate surface area is 200 Å². The SMILES string of the molecule is Cc1ccc(-c2cc3nc(C)cc(N4CCC(C(=O)Nc5cccc(C)c5C)CC4)n3n2)cc1. The number of hydrogen-bond acceptors (Lipinski definition) is 4. The van der Waals surface area contributed by atoms with Gasteiger partial charge in [0.15, 0.2) is 5.65 Å². The smallest absolute Gasteiger partial charge is 0.227 e. The third-order valence-electron chi connectivity index (χ3n) is 6.94. The first-order valence-corrected chi connectivity index (χ1v) is 12.0. The lowest BCUT2D eigenvalue weighted by molar-refractivity contribution is -0.120. The van der Waals surface area contributed by atoms with E-state index in [4.69, 9.17) is 10.1 Å². The van der Waals surface area contributed by atoms with Gasteiger partial charge in [-0.3, -0.25) is 4.79 Å². The number of nitrogens with zero attached hydrogens (tertiary/aromatic N) is 4. The van der Waals surface area contributed by atoms with Gasteiger partial charge < -0.3 is 10.2 Å². The van der Waals surface area contributed by atoms with Gasteiger partial charge in [0.25, 0.3) is 0 Å². The summed E-state index contributed by atoms with van der Waals surface area (Å²) in [6.07, 6.45) is 1.62. The van der Waals surface area contributed by atoms with Crippen LogP contribution in [0.15, 0.2) is 54.6 Å². The Balaban J connectivity index is 1.33. The van der Waals surface area contributed by atoms with Crippen LogP contribution in [0, 0.1) is 33.6 Å². The van der Waals surface area contributed by atoms with Crippen molar-refractivity contribution in [3.8, 4) is 11.3 Å². The summed E-state index contributed by atoms with van der Waals surface area (Å²) in [5, 5.41) is 8.04. The molecule has 1 saturated heterocycles. The third-order valence-corrected chi connectivity index (χ3v) is 6.94. The molecule has 2 aromatic carbocycles. The van der Waals surface area contributed by atoms with Crippen LogP contribution in [-0.2, 0) is 4.79 Å². The summed E-state index contributed by atoms with van der Waals surface area (Å²) in [5.74, 6) is 1.16. The Hall–Kier alpha value is -3.67. The molecular formula is C28H31N5O. The van der Waals surface area contributed by atoms with E-state index in [1.165, 1.54) is 11.1 Å². The minimum absolute atomic E-state index is 0.00956. The van der Waals surface area contributed by atoms with E-state index in [-0.39, 0.29) is 11.8 Å². The molecule has 1 amide bonds. The molecule has 6 nitrogen and oxygen atoms in total. The van der Waals surface area contributed by atoms with Crippen molar-refractivity contribution in [3.63, 3.8) is 0 Å². The van der Waals surface area contributed by atoms with E-state index in [1.807, 2.05) is 29.6 Å². The highest BCUT2D eigenvalue weighted by Crippen LogP contribution is 2.28. The topological polar surface area (TPSA) is 62.5 Å². The summed E-state index contributed by atoms with van der Waals surface area (Å²) >= 11 is 0. The number of hydrogen-bond donors (Lipinski definition) is 1. The molecule has 1 fully saturated rings. The molecule has 0 atom stereocenters. The van der Waals surface area contributed by atoms with Gasteiger partial charge in [0.05, 0.1) is 5.69 Å². The standard InChI is InChI=1S/C28H31N5O/c1-18-8-10-22(11-9-18)25-17-26-29-20(3)16-27(33(26)31-25)32-14-12-23(13-15-32)28(34)30-24-7-5-6-19(2)21(24)4/h5-11,16-17,23H,12-15H2,1-4H3,(H,30,34). The molecule has 6 heteroatoms. The minimum atomic E-state index is 0.00956. The molecule has 0 radical (unpaired) electrons. The van der Waals surface area contributed by atoms with E-state index < -0.39 is 0 Å². The van der Waals surface area contributed by atoms with Gasteiger partial charge in [-0.15, -0.1) is 0 Å². The van der Waals surface area contributed by atoms with Crippen molar-refractivity contribution < 1.29 is 4.79 Å². The normalized spacial score (nSPS) is 14.5. The van der Waals surface area contributed by atoms with Gasteiger partial charge in [-0.05, 0) is 57.7 Å². The predicted molar refractivity (Wildman–Crippen MR) is 137 cm³/mol. The van der Waals surface area contributed by atoms with E-state index in [1.54, 1.807) is 0 Å². The van der Waals surface area contributed by atoms with Crippen LogP contribution in [0.2, 0.25) is 0 Å². The Morgan fingerprint density at radius 1 is 0.971 bits per heavy atom. The maximum absolute atomic E-state index is 13.0. The zero-order valence-electron chi connectivity index (χ0n) is 20.3. The summed E-state index contributed by atoms with van der Waals surface area (Å²) in [6.45, 7) is 9.85. The number of aromatic nitrogens is 3. The number of piperidine rings is 1. The number of amides is 1. The van der Waals surface area contributed by atoms with Crippen molar-refractivity contribution in [1.82, 2.24) is 14.6 Å². The molecule has 1 aliphatic heterocycles. The molecule has 174 valence electrons. The van der Waals surface area contributed by atoms with Crippen LogP contribution in [0.3, 0.4) is 0 Å². The quantitative estimate of drug-likeness (QED) is 0.444. The number of carbonyl (C=O) groups is 1. The van der Waals surface area contributed by atoms with E-state index >= 15 is 0 Å². The molecule has 3 heterocycles. The van der Waals surface area contributed by atoms with E-state index in [9.17, 15) is 4.79 Å². The number of benzene rings is 2. The first-order chi connectivity index (χ1) is 16.4. The molecule has 0 unspecified atom stereocenters. The summed E-state index contributed by atoms with van der Waals surface area (Å²) in [7, 11) is 0. The number of rotatable bonds is 4. The maximum atomic E-state index is 13.0. The molecular weight excluding hydrogens is 422 g/mol. The van der Waals surface area contributed by atoms with Crippen LogP contribution in [0.1, 0.15) is 35.2 Å². The lowest BCUT2D eigenvalue weighted by Crippen LogP contribution is -2.39. The lowest BCUT2D eigenvalue weighted by atomic mass is 9.95. The molecule has 4 aromatic rings. The van der Waals surface area contributed by atoms with E-state index in [2.05, 4.69) is 67.4 Å². The molecule has 2 aromatic heterocycles. The molecule has 1 aliphatic rings. The number of carbonyl (C=O) groups excluding carboxylic acids is 1. The van der Waals surface area contributed by atoms with Crippen LogP contribution >= 0.6 is 0 Å². The monoisotopic (exact) mass is 453 g/mol. The third kappa shape index (κ3) is 4.28. The van der Waals surface area contributed by atoms with E-state index in [0.717, 1.165) is 65.6 Å². The van der Waals surface area contributed by atoms with Gasteiger partial charge in [-0.1, -0.05) is 42.0 Å². The maximum Gasteiger partial charge on any atom is 0.227 e. The second-order valence-corrected chi connectivity index (χ2v) is 9.42. The number of fused-ring (bicyclic) bond motifs is 1. The first kappa shape index (κ1) is 22.1. The van der Waals surface area contributed by atoms with Gasteiger partial charge >= 0.3 is 0 Å². The van der Waals surface area contributed by atoms with Crippen LogP contribution < -0.4 is 10.2 Å².